The first-order chi connectivity index (χ1) is 7.09. The van der Waals surface area contributed by atoms with E-state index in [0.29, 0.717) is 0 Å². The highest BCUT2D eigenvalue weighted by atomic mass is 79.9. The fourth-order valence-electron chi connectivity index (χ4n) is 1.10. The number of H-pyrrole nitrogens is 1. The molecule has 2 aromatic rings. The van der Waals surface area contributed by atoms with Crippen molar-refractivity contribution >= 4 is 15.9 Å². The molecular weight excluding hydrogens is 272 g/mol. The van der Waals surface area contributed by atoms with Crippen LogP contribution in [0.4, 0.5) is 8.78 Å². The molecule has 0 unspecified atom stereocenters. The van der Waals surface area contributed by atoms with Crippen LogP contribution in [-0.2, 0) is 0 Å². The minimum atomic E-state index is -0.792. The molecule has 1 heterocycles. The molecule has 2 rings (SSSR count). The minimum Gasteiger partial charge on any atom is -0.295 e. The van der Waals surface area contributed by atoms with Gasteiger partial charge in [-0.1, -0.05) is 0 Å². The van der Waals surface area contributed by atoms with Crippen molar-refractivity contribution in [2.24, 2.45) is 0 Å². The predicted octanol–water partition coefficient (Wildman–Crippen LogP) is 1.60. The predicted molar refractivity (Wildman–Crippen MR) is 51.8 cm³/mol. The van der Waals surface area contributed by atoms with Crippen molar-refractivity contribution in [2.75, 3.05) is 0 Å². The van der Waals surface area contributed by atoms with E-state index < -0.39 is 17.3 Å². The van der Waals surface area contributed by atoms with E-state index in [9.17, 15) is 13.6 Å². The molecule has 1 N–H and O–H groups in total. The van der Waals surface area contributed by atoms with E-state index in [0.717, 1.165) is 23.1 Å². The third-order valence-corrected chi connectivity index (χ3v) is 2.52. The quantitative estimate of drug-likeness (QED) is 0.804. The number of hydrogen-bond acceptors (Lipinski definition) is 2. The molecule has 0 radical (unpaired) electrons. The van der Waals surface area contributed by atoms with Crippen molar-refractivity contribution in [2.45, 2.75) is 0 Å². The molecule has 0 saturated heterocycles. The summed E-state index contributed by atoms with van der Waals surface area (Å²) in [7, 11) is 0. The highest BCUT2D eigenvalue weighted by Gasteiger charge is 2.11. The minimum absolute atomic E-state index is 0.0273. The van der Waals surface area contributed by atoms with Crippen LogP contribution >= 0.6 is 15.9 Å². The van der Waals surface area contributed by atoms with Crippen LogP contribution in [0.1, 0.15) is 0 Å². The fraction of sp³-hybridized carbons (Fsp3) is 0. The molecule has 0 aliphatic heterocycles. The highest BCUT2D eigenvalue weighted by Crippen LogP contribution is 2.21. The smallest absolute Gasteiger partial charge is 0.295 e. The summed E-state index contributed by atoms with van der Waals surface area (Å²) in [5.74, 6) is -1.58. The SMILES string of the molecule is O=c1[nH]cnn1-c1cc(F)c(Br)c(F)c1. The third kappa shape index (κ3) is 1.70. The van der Waals surface area contributed by atoms with Gasteiger partial charge in [0.1, 0.15) is 18.0 Å². The fourth-order valence-corrected chi connectivity index (χ4v) is 1.33. The standard InChI is InChI=1S/C8H4BrF2N3O/c9-7-5(10)1-4(2-6(7)11)14-8(15)12-3-13-14/h1-3H,(H,12,13,15). The van der Waals surface area contributed by atoms with E-state index in [4.69, 9.17) is 0 Å². The van der Waals surface area contributed by atoms with Crippen LogP contribution < -0.4 is 5.69 Å². The van der Waals surface area contributed by atoms with E-state index in [1.165, 1.54) is 0 Å². The van der Waals surface area contributed by atoms with Gasteiger partial charge >= 0.3 is 5.69 Å². The number of halogens is 3. The largest absolute Gasteiger partial charge is 0.347 e. The molecule has 15 heavy (non-hydrogen) atoms. The molecule has 0 bridgehead atoms. The molecule has 0 fully saturated rings. The van der Waals surface area contributed by atoms with Crippen LogP contribution in [-0.4, -0.2) is 14.8 Å². The second-order valence-corrected chi connectivity index (χ2v) is 3.52. The molecule has 0 amide bonds. The Balaban J connectivity index is 2.66. The van der Waals surface area contributed by atoms with E-state index in [-0.39, 0.29) is 10.2 Å². The van der Waals surface area contributed by atoms with Gasteiger partial charge in [-0.3, -0.25) is 4.98 Å². The molecule has 1 aromatic heterocycles. The van der Waals surface area contributed by atoms with Crippen molar-refractivity contribution in [3.05, 3.63) is 45.1 Å². The first-order valence-corrected chi connectivity index (χ1v) is 4.66. The number of rotatable bonds is 1. The number of nitrogens with zero attached hydrogens (tertiary/aromatic N) is 2. The van der Waals surface area contributed by atoms with Crippen LogP contribution in [0.2, 0.25) is 0 Å². The van der Waals surface area contributed by atoms with Gasteiger partial charge in [0.15, 0.2) is 0 Å². The Labute approximate surface area is 90.7 Å². The number of aromatic amines is 1. The van der Waals surface area contributed by atoms with Crippen LogP contribution in [0.25, 0.3) is 5.69 Å². The number of aromatic nitrogens is 3. The third-order valence-electron chi connectivity index (χ3n) is 1.77. The normalized spacial score (nSPS) is 10.6. The molecule has 0 saturated carbocycles. The van der Waals surface area contributed by atoms with Crippen molar-refractivity contribution < 1.29 is 8.78 Å². The van der Waals surface area contributed by atoms with E-state index in [1.807, 2.05) is 0 Å². The lowest BCUT2D eigenvalue weighted by Crippen LogP contribution is -2.16. The second-order valence-electron chi connectivity index (χ2n) is 2.73. The Morgan fingerprint density at radius 1 is 1.33 bits per heavy atom. The average molecular weight is 276 g/mol. The molecule has 0 atom stereocenters. The second kappa shape index (κ2) is 3.58. The Hall–Kier alpha value is -1.50. The van der Waals surface area contributed by atoms with Crippen molar-refractivity contribution in [1.82, 2.24) is 14.8 Å². The van der Waals surface area contributed by atoms with Gasteiger partial charge < -0.3 is 0 Å². The van der Waals surface area contributed by atoms with Crippen molar-refractivity contribution in [3.8, 4) is 5.69 Å². The maximum absolute atomic E-state index is 13.1. The number of benzene rings is 1. The van der Waals surface area contributed by atoms with E-state index >= 15 is 0 Å². The first-order valence-electron chi connectivity index (χ1n) is 3.87. The lowest BCUT2D eigenvalue weighted by Gasteiger charge is -2.02. The molecule has 0 aliphatic rings. The van der Waals surface area contributed by atoms with Crippen LogP contribution in [0.3, 0.4) is 0 Å². The summed E-state index contributed by atoms with van der Waals surface area (Å²) in [6.07, 6.45) is 1.14. The summed E-state index contributed by atoms with van der Waals surface area (Å²) in [6, 6.07) is 2.02. The lowest BCUT2D eigenvalue weighted by atomic mass is 10.3. The zero-order valence-electron chi connectivity index (χ0n) is 7.17. The van der Waals surface area contributed by atoms with Gasteiger partial charge in [-0.15, -0.1) is 0 Å². The Kier molecular flexibility index (Phi) is 2.39. The van der Waals surface area contributed by atoms with Gasteiger partial charge in [0.05, 0.1) is 10.2 Å². The summed E-state index contributed by atoms with van der Waals surface area (Å²) in [5, 5.41) is 3.60. The first kappa shape index (κ1) is 10.0. The van der Waals surface area contributed by atoms with Crippen LogP contribution in [0.5, 0.6) is 0 Å². The van der Waals surface area contributed by atoms with E-state index in [2.05, 4.69) is 26.0 Å². The summed E-state index contributed by atoms with van der Waals surface area (Å²) in [5.41, 5.74) is -0.532. The average Bonchev–Trinajstić information content (AvgIpc) is 2.60. The van der Waals surface area contributed by atoms with Gasteiger partial charge in [-0.2, -0.15) is 9.78 Å². The molecule has 0 spiro atoms. The summed E-state index contributed by atoms with van der Waals surface area (Å²) in [4.78, 5) is 13.4. The highest BCUT2D eigenvalue weighted by molar-refractivity contribution is 9.10. The van der Waals surface area contributed by atoms with Gasteiger partial charge in [-0.25, -0.2) is 13.6 Å². The number of hydrogen-bond donors (Lipinski definition) is 1. The summed E-state index contributed by atoms with van der Waals surface area (Å²) >= 11 is 2.73. The Bertz CT molecular complexity index is 540. The van der Waals surface area contributed by atoms with Crippen molar-refractivity contribution in [1.29, 1.82) is 0 Å². The van der Waals surface area contributed by atoms with Gasteiger partial charge in [0.2, 0.25) is 0 Å². The zero-order chi connectivity index (χ0) is 11.0. The Morgan fingerprint density at radius 3 is 2.40 bits per heavy atom. The molecule has 4 nitrogen and oxygen atoms in total. The summed E-state index contributed by atoms with van der Waals surface area (Å²) < 4.78 is 26.8. The van der Waals surface area contributed by atoms with Crippen LogP contribution in [0, 0.1) is 11.6 Å². The molecule has 1 aromatic carbocycles. The van der Waals surface area contributed by atoms with E-state index in [1.54, 1.807) is 0 Å². The van der Waals surface area contributed by atoms with Gasteiger partial charge in [-0.05, 0) is 15.9 Å². The van der Waals surface area contributed by atoms with Crippen LogP contribution in [0.15, 0.2) is 27.7 Å². The van der Waals surface area contributed by atoms with Gasteiger partial charge in [0.25, 0.3) is 0 Å². The van der Waals surface area contributed by atoms with Crippen molar-refractivity contribution in [3.63, 3.8) is 0 Å². The maximum Gasteiger partial charge on any atom is 0.347 e. The molecule has 0 aliphatic carbocycles. The molecule has 78 valence electrons. The molecular formula is C8H4BrF2N3O. The number of nitrogens with one attached hydrogen (secondary N) is 1. The maximum atomic E-state index is 13.1. The Morgan fingerprint density at radius 2 is 1.93 bits per heavy atom. The lowest BCUT2D eigenvalue weighted by molar-refractivity contribution is 0.568. The summed E-state index contributed by atoms with van der Waals surface area (Å²) in [6.45, 7) is 0. The molecule has 7 heteroatoms. The zero-order valence-corrected chi connectivity index (χ0v) is 8.75. The van der Waals surface area contributed by atoms with Gasteiger partial charge in [0, 0.05) is 12.1 Å². The topological polar surface area (TPSA) is 50.7 Å². The monoisotopic (exact) mass is 275 g/mol.